The molecule has 0 unspecified atom stereocenters. The second kappa shape index (κ2) is 14.3. The molecule has 0 atom stereocenters. The molecular formula is C30H34N4O5. The van der Waals surface area contributed by atoms with Gasteiger partial charge in [-0.3, -0.25) is 14.4 Å². The maximum absolute atomic E-state index is 12.4. The summed E-state index contributed by atoms with van der Waals surface area (Å²) in [5, 5.41) is 9.24. The fraction of sp³-hybridized carbons (Fsp3) is 0.267. The van der Waals surface area contributed by atoms with E-state index in [9.17, 15) is 14.4 Å². The maximum atomic E-state index is 12.4. The molecule has 0 radical (unpaired) electrons. The van der Waals surface area contributed by atoms with E-state index in [1.54, 1.807) is 48.5 Å². The van der Waals surface area contributed by atoms with Crippen LogP contribution in [-0.2, 0) is 14.4 Å². The fourth-order valence-corrected chi connectivity index (χ4v) is 3.76. The summed E-state index contributed by atoms with van der Waals surface area (Å²) in [6.07, 6.45) is 3.37. The Bertz CT molecular complexity index is 1310. The Morgan fingerprint density at radius 1 is 0.846 bits per heavy atom. The molecule has 9 nitrogen and oxygen atoms in total. The molecule has 0 aliphatic heterocycles. The summed E-state index contributed by atoms with van der Waals surface area (Å²) >= 11 is 0. The van der Waals surface area contributed by atoms with Gasteiger partial charge in [-0.15, -0.1) is 0 Å². The van der Waals surface area contributed by atoms with Crippen LogP contribution in [0.1, 0.15) is 42.0 Å². The van der Waals surface area contributed by atoms with Crippen molar-refractivity contribution >= 4 is 35.3 Å². The average Bonchev–Trinajstić information content (AvgIpc) is 2.91. The predicted molar refractivity (Wildman–Crippen MR) is 152 cm³/mol. The molecule has 39 heavy (non-hydrogen) atoms. The number of rotatable bonds is 11. The molecule has 0 spiro atoms. The van der Waals surface area contributed by atoms with E-state index in [0.717, 1.165) is 35.2 Å². The first kappa shape index (κ1) is 28.9. The van der Waals surface area contributed by atoms with Crippen molar-refractivity contribution in [1.82, 2.24) is 5.43 Å². The number of benzene rings is 3. The molecular weight excluding hydrogens is 496 g/mol. The van der Waals surface area contributed by atoms with Gasteiger partial charge < -0.3 is 20.1 Å². The van der Waals surface area contributed by atoms with Gasteiger partial charge in [0.2, 0.25) is 0 Å². The monoisotopic (exact) mass is 530 g/mol. The molecule has 0 saturated carbocycles. The lowest BCUT2D eigenvalue weighted by atomic mass is 10.1. The predicted octanol–water partition coefficient (Wildman–Crippen LogP) is 4.90. The second-order valence-electron chi connectivity index (χ2n) is 9.06. The van der Waals surface area contributed by atoms with Gasteiger partial charge in [0.15, 0.2) is 6.61 Å². The number of ether oxygens (including phenoxy) is 2. The molecule has 0 aliphatic rings. The lowest BCUT2D eigenvalue weighted by molar-refractivity contribution is -0.136. The van der Waals surface area contributed by atoms with Gasteiger partial charge in [-0.1, -0.05) is 43.2 Å². The van der Waals surface area contributed by atoms with Crippen molar-refractivity contribution in [3.8, 4) is 11.5 Å². The highest BCUT2D eigenvalue weighted by Crippen LogP contribution is 2.22. The lowest BCUT2D eigenvalue weighted by Crippen LogP contribution is -2.32. The first-order chi connectivity index (χ1) is 18.7. The van der Waals surface area contributed by atoms with Crippen molar-refractivity contribution < 1.29 is 23.9 Å². The summed E-state index contributed by atoms with van der Waals surface area (Å²) in [5.74, 6) is -0.897. The molecule has 9 heteroatoms. The minimum Gasteiger partial charge on any atom is -0.494 e. The number of hydrazone groups is 1. The third-order valence-electron chi connectivity index (χ3n) is 5.63. The van der Waals surface area contributed by atoms with Gasteiger partial charge in [0, 0.05) is 11.4 Å². The molecule has 0 aliphatic carbocycles. The van der Waals surface area contributed by atoms with E-state index in [4.69, 9.17) is 9.47 Å². The molecule has 0 aromatic heterocycles. The molecule has 3 rings (SSSR count). The fourth-order valence-electron chi connectivity index (χ4n) is 3.76. The van der Waals surface area contributed by atoms with E-state index in [1.165, 1.54) is 6.21 Å². The van der Waals surface area contributed by atoms with Crippen LogP contribution < -0.4 is 25.5 Å². The number of hydrogen-bond donors (Lipinski definition) is 3. The van der Waals surface area contributed by atoms with Gasteiger partial charge in [0.25, 0.3) is 5.91 Å². The van der Waals surface area contributed by atoms with Crippen LogP contribution in [0.4, 0.5) is 11.4 Å². The van der Waals surface area contributed by atoms with Crippen LogP contribution in [0.2, 0.25) is 0 Å². The molecule has 204 valence electrons. The van der Waals surface area contributed by atoms with Gasteiger partial charge in [-0.05, 0) is 80.3 Å². The first-order valence-electron chi connectivity index (χ1n) is 12.7. The Kier molecular flexibility index (Phi) is 10.6. The van der Waals surface area contributed by atoms with Crippen LogP contribution in [0.5, 0.6) is 11.5 Å². The van der Waals surface area contributed by atoms with Crippen molar-refractivity contribution in [2.75, 3.05) is 23.8 Å². The number of anilines is 2. The molecule has 3 aromatic rings. The van der Waals surface area contributed by atoms with E-state index in [-0.39, 0.29) is 12.5 Å². The smallest absolute Gasteiger partial charge is 0.329 e. The minimum atomic E-state index is -0.916. The molecule has 3 amide bonds. The van der Waals surface area contributed by atoms with Crippen LogP contribution in [0.25, 0.3) is 0 Å². The van der Waals surface area contributed by atoms with Crippen LogP contribution in [0.3, 0.4) is 0 Å². The largest absolute Gasteiger partial charge is 0.494 e. The standard InChI is InChI=1S/C30H34N4O5/c1-5-6-14-38-25-12-10-24(11-13-25)32-29(36)30(37)34-31-18-23-8-7-9-26(17-23)39-19-27(35)33-28-21(3)15-20(2)16-22(28)4/h7-13,15-18H,5-6,14,19H2,1-4H3,(H,32,36)(H,33,35)(H,34,37)/b31-18-. The third-order valence-corrected chi connectivity index (χ3v) is 5.63. The Balaban J connectivity index is 1.46. The van der Waals surface area contributed by atoms with Gasteiger partial charge >= 0.3 is 11.8 Å². The molecule has 0 heterocycles. The number of hydrogen-bond acceptors (Lipinski definition) is 6. The summed E-state index contributed by atoms with van der Waals surface area (Å²) in [5.41, 5.74) is 7.15. The number of nitrogens with one attached hydrogen (secondary N) is 3. The van der Waals surface area contributed by atoms with E-state index in [1.807, 2.05) is 32.9 Å². The molecule has 0 saturated heterocycles. The number of amides is 3. The lowest BCUT2D eigenvalue weighted by Gasteiger charge is -2.13. The third kappa shape index (κ3) is 9.30. The summed E-state index contributed by atoms with van der Waals surface area (Å²) < 4.78 is 11.2. The van der Waals surface area contributed by atoms with Crippen molar-refractivity contribution in [1.29, 1.82) is 0 Å². The average molecular weight is 531 g/mol. The van der Waals surface area contributed by atoms with Crippen molar-refractivity contribution in [3.05, 3.63) is 82.9 Å². The van der Waals surface area contributed by atoms with Crippen LogP contribution in [-0.4, -0.2) is 37.1 Å². The Hall–Kier alpha value is -4.66. The molecule has 3 N–H and O–H groups in total. The second-order valence-corrected chi connectivity index (χ2v) is 9.06. The van der Waals surface area contributed by atoms with Gasteiger partial charge in [-0.25, -0.2) is 5.43 Å². The Morgan fingerprint density at radius 2 is 1.56 bits per heavy atom. The number of unbranched alkanes of at least 4 members (excludes halogenated alkanes) is 1. The zero-order chi connectivity index (χ0) is 28.2. The number of carbonyl (C=O) groups is 3. The summed E-state index contributed by atoms with van der Waals surface area (Å²) in [4.78, 5) is 36.7. The highest BCUT2D eigenvalue weighted by Gasteiger charge is 2.13. The maximum Gasteiger partial charge on any atom is 0.329 e. The zero-order valence-corrected chi connectivity index (χ0v) is 22.7. The van der Waals surface area contributed by atoms with E-state index < -0.39 is 11.8 Å². The number of carbonyl (C=O) groups excluding carboxylic acids is 3. The molecule has 3 aromatic carbocycles. The highest BCUT2D eigenvalue weighted by atomic mass is 16.5. The van der Waals surface area contributed by atoms with E-state index >= 15 is 0 Å². The van der Waals surface area contributed by atoms with Gasteiger partial charge in [-0.2, -0.15) is 5.10 Å². The van der Waals surface area contributed by atoms with E-state index in [2.05, 4.69) is 28.1 Å². The summed E-state index contributed by atoms with van der Waals surface area (Å²) in [7, 11) is 0. The van der Waals surface area contributed by atoms with Crippen LogP contribution in [0, 0.1) is 20.8 Å². The molecule has 0 fully saturated rings. The Labute approximate surface area is 228 Å². The first-order valence-corrected chi connectivity index (χ1v) is 12.7. The van der Waals surface area contributed by atoms with Gasteiger partial charge in [0.05, 0.1) is 12.8 Å². The SMILES string of the molecule is CCCCOc1ccc(NC(=O)C(=O)N/N=C\c2cccc(OCC(=O)Nc3c(C)cc(C)cc3C)c2)cc1. The molecule has 0 bridgehead atoms. The van der Waals surface area contributed by atoms with Gasteiger partial charge in [0.1, 0.15) is 11.5 Å². The van der Waals surface area contributed by atoms with Crippen molar-refractivity contribution in [2.24, 2.45) is 5.10 Å². The quantitative estimate of drug-likeness (QED) is 0.141. The van der Waals surface area contributed by atoms with Crippen LogP contribution >= 0.6 is 0 Å². The minimum absolute atomic E-state index is 0.171. The van der Waals surface area contributed by atoms with Crippen LogP contribution in [0.15, 0.2) is 65.8 Å². The van der Waals surface area contributed by atoms with E-state index in [0.29, 0.717) is 29.4 Å². The topological polar surface area (TPSA) is 118 Å². The Morgan fingerprint density at radius 3 is 2.26 bits per heavy atom. The normalized spacial score (nSPS) is 10.7. The number of aryl methyl sites for hydroxylation is 3. The number of nitrogens with zero attached hydrogens (tertiary/aromatic N) is 1. The van der Waals surface area contributed by atoms with Crippen molar-refractivity contribution in [2.45, 2.75) is 40.5 Å². The highest BCUT2D eigenvalue weighted by molar-refractivity contribution is 6.39. The van der Waals surface area contributed by atoms with Crippen molar-refractivity contribution in [3.63, 3.8) is 0 Å². The summed E-state index contributed by atoms with van der Waals surface area (Å²) in [6, 6.07) is 17.6. The summed E-state index contributed by atoms with van der Waals surface area (Å²) in [6.45, 7) is 8.45. The zero-order valence-electron chi connectivity index (χ0n) is 22.7.